The lowest BCUT2D eigenvalue weighted by Crippen LogP contribution is -2.32. The Morgan fingerprint density at radius 3 is 2.69 bits per heavy atom. The number of carboxylic acids is 1. The predicted octanol–water partition coefficient (Wildman–Crippen LogP) is 2.97. The summed E-state index contributed by atoms with van der Waals surface area (Å²) in [5.41, 5.74) is -1.37. The molecule has 1 aliphatic heterocycles. The van der Waals surface area contributed by atoms with E-state index in [-0.39, 0.29) is 34.1 Å². The Bertz CT molecular complexity index is 1450. The van der Waals surface area contributed by atoms with Gasteiger partial charge in [0.15, 0.2) is 5.82 Å². The number of nitrogens with one attached hydrogen (secondary N) is 1. The van der Waals surface area contributed by atoms with E-state index in [0.29, 0.717) is 19.4 Å². The number of hydrogen-bond donors (Lipinski definition) is 3. The summed E-state index contributed by atoms with van der Waals surface area (Å²) in [6, 6.07) is 5.53. The fourth-order valence-electron chi connectivity index (χ4n) is 4.30. The van der Waals surface area contributed by atoms with Crippen molar-refractivity contribution >= 4 is 35.2 Å². The number of phenols is 1. The maximum Gasteiger partial charge on any atom is 0.341 e. The van der Waals surface area contributed by atoms with Crippen LogP contribution in [-0.4, -0.2) is 52.5 Å². The number of carboxylic acid groups (broad SMARTS) is 1. The van der Waals surface area contributed by atoms with E-state index in [9.17, 15) is 29.0 Å². The van der Waals surface area contributed by atoms with Gasteiger partial charge < -0.3 is 25.0 Å². The highest BCUT2D eigenvalue weighted by molar-refractivity contribution is 5.94. The molecule has 2 aromatic carbocycles. The van der Waals surface area contributed by atoms with Crippen LogP contribution in [0.3, 0.4) is 0 Å². The van der Waals surface area contributed by atoms with Crippen LogP contribution in [-0.2, 0) is 4.79 Å². The Hall–Kier alpha value is -4.54. The monoisotopic (exact) mass is 496 g/mol. The number of aromatic nitrogens is 1. The summed E-state index contributed by atoms with van der Waals surface area (Å²) in [5, 5.41) is 21.6. The Morgan fingerprint density at radius 1 is 1.19 bits per heavy atom. The summed E-state index contributed by atoms with van der Waals surface area (Å²) in [6.07, 6.45) is 7.22. The number of anilines is 1. The first-order valence-corrected chi connectivity index (χ1v) is 11.0. The zero-order chi connectivity index (χ0) is 25.8. The second-order valence-electron chi connectivity index (χ2n) is 8.15. The summed E-state index contributed by atoms with van der Waals surface area (Å²) in [5.74, 6) is -3.44. The third kappa shape index (κ3) is 4.81. The molecule has 2 heterocycles. The normalized spacial score (nSPS) is 15.8. The van der Waals surface area contributed by atoms with Gasteiger partial charge in [-0.1, -0.05) is 0 Å². The molecule has 1 aliphatic rings. The van der Waals surface area contributed by atoms with Crippen LogP contribution in [0.5, 0.6) is 5.75 Å². The van der Waals surface area contributed by atoms with Gasteiger partial charge in [0.05, 0.1) is 29.8 Å². The van der Waals surface area contributed by atoms with Crippen LogP contribution in [0.4, 0.5) is 14.5 Å². The lowest BCUT2D eigenvalue weighted by Gasteiger charge is -2.27. The molecule has 9 nitrogen and oxygen atoms in total. The van der Waals surface area contributed by atoms with Gasteiger partial charge in [0.2, 0.25) is 5.43 Å². The number of carbonyl (C=O) groups excluding carboxylic acids is 1. The zero-order valence-electron chi connectivity index (χ0n) is 18.9. The molecule has 1 atom stereocenters. The van der Waals surface area contributed by atoms with Crippen molar-refractivity contribution in [2.24, 2.45) is 4.99 Å². The minimum atomic E-state index is -1.53. The number of phenolic OH excluding ortho intramolecular Hbond substituents is 1. The van der Waals surface area contributed by atoms with Crippen molar-refractivity contribution in [3.05, 3.63) is 76.2 Å². The second-order valence-corrected chi connectivity index (χ2v) is 8.15. The van der Waals surface area contributed by atoms with Gasteiger partial charge in [-0.05, 0) is 43.2 Å². The van der Waals surface area contributed by atoms with Crippen molar-refractivity contribution in [3.63, 3.8) is 0 Å². The molecule has 3 aromatic rings. The molecule has 1 unspecified atom stereocenters. The molecule has 36 heavy (non-hydrogen) atoms. The maximum absolute atomic E-state index is 15.3. The third-order valence-electron chi connectivity index (χ3n) is 5.93. The number of pyridine rings is 1. The number of carbonyl (C=O) groups is 2. The van der Waals surface area contributed by atoms with Crippen molar-refractivity contribution in [2.45, 2.75) is 18.9 Å². The van der Waals surface area contributed by atoms with Crippen molar-refractivity contribution in [3.8, 4) is 11.4 Å². The van der Waals surface area contributed by atoms with Gasteiger partial charge in [-0.15, -0.1) is 0 Å². The molecule has 0 bridgehead atoms. The Morgan fingerprint density at radius 2 is 1.97 bits per heavy atom. The highest BCUT2D eigenvalue weighted by atomic mass is 19.1. The number of hydrogen-bond acceptors (Lipinski definition) is 6. The van der Waals surface area contributed by atoms with Crippen molar-refractivity contribution in [2.75, 3.05) is 18.0 Å². The Balaban J connectivity index is 1.82. The van der Waals surface area contributed by atoms with Crippen LogP contribution in [0.2, 0.25) is 0 Å². The number of nitrogens with zero attached hydrogens (tertiary/aromatic N) is 3. The van der Waals surface area contributed by atoms with E-state index in [1.54, 1.807) is 4.90 Å². The first kappa shape index (κ1) is 24.6. The number of allylic oxidation sites excluding steroid dienone is 1. The standard InChI is InChI=1S/C25H22F2N4O5/c26-19-9-16(33)4-5-21(19)31-13-18(25(35)36)24(34)17-10-20(27)23(11-22(17)31)30-7-1-3-15(30)12-29-14-28-6-2-8-32/h2,4-6,8-11,13-15,33H,1,3,7,12H2,(H,28,29)(H,35,36)/b6-2-. The van der Waals surface area contributed by atoms with Gasteiger partial charge >= 0.3 is 5.97 Å². The van der Waals surface area contributed by atoms with Crippen LogP contribution in [0.1, 0.15) is 23.2 Å². The number of aliphatic imine (C=N–C) groups is 1. The summed E-state index contributed by atoms with van der Waals surface area (Å²) < 4.78 is 31.2. The summed E-state index contributed by atoms with van der Waals surface area (Å²) in [4.78, 5) is 40.9. The van der Waals surface area contributed by atoms with E-state index in [4.69, 9.17) is 0 Å². The minimum absolute atomic E-state index is 0.112. The van der Waals surface area contributed by atoms with Crippen molar-refractivity contribution in [1.82, 2.24) is 9.88 Å². The van der Waals surface area contributed by atoms with Crippen molar-refractivity contribution < 1.29 is 28.6 Å². The van der Waals surface area contributed by atoms with Gasteiger partial charge in [0.25, 0.3) is 0 Å². The van der Waals surface area contributed by atoms with Crippen molar-refractivity contribution in [1.29, 1.82) is 0 Å². The van der Waals surface area contributed by atoms with Crippen LogP contribution >= 0.6 is 0 Å². The van der Waals surface area contributed by atoms with E-state index in [1.165, 1.54) is 41.4 Å². The number of rotatable bonds is 8. The lowest BCUT2D eigenvalue weighted by molar-refractivity contribution is -0.104. The molecule has 0 spiro atoms. The molecule has 1 aromatic heterocycles. The van der Waals surface area contributed by atoms with Gasteiger partial charge in [-0.25, -0.2) is 13.6 Å². The number of aromatic hydroxyl groups is 1. The van der Waals surface area contributed by atoms with Crippen LogP contribution < -0.4 is 15.6 Å². The molecule has 0 radical (unpaired) electrons. The molecule has 186 valence electrons. The van der Waals surface area contributed by atoms with E-state index < -0.39 is 28.6 Å². The fourth-order valence-corrected chi connectivity index (χ4v) is 4.30. The molecule has 3 N–H and O–H groups in total. The summed E-state index contributed by atoms with van der Waals surface area (Å²) >= 11 is 0. The van der Waals surface area contributed by atoms with Gasteiger partial charge in [0.1, 0.15) is 23.4 Å². The average molecular weight is 496 g/mol. The molecule has 4 rings (SSSR count). The molecule has 0 amide bonds. The molecule has 0 saturated carbocycles. The summed E-state index contributed by atoms with van der Waals surface area (Å²) in [6.45, 7) is 0.850. The highest BCUT2D eigenvalue weighted by Crippen LogP contribution is 2.32. The van der Waals surface area contributed by atoms with E-state index in [1.807, 2.05) is 0 Å². The fraction of sp³-hybridized carbons (Fsp3) is 0.200. The average Bonchev–Trinajstić information content (AvgIpc) is 3.30. The highest BCUT2D eigenvalue weighted by Gasteiger charge is 2.28. The maximum atomic E-state index is 15.3. The summed E-state index contributed by atoms with van der Waals surface area (Å²) in [7, 11) is 0. The number of halogens is 2. The zero-order valence-corrected chi connectivity index (χ0v) is 18.9. The molecule has 11 heteroatoms. The van der Waals surface area contributed by atoms with E-state index >= 15 is 4.39 Å². The van der Waals surface area contributed by atoms with Gasteiger partial charge in [-0.3, -0.25) is 14.6 Å². The molecular formula is C25H22F2N4O5. The third-order valence-corrected chi connectivity index (χ3v) is 5.93. The number of aldehydes is 1. The van der Waals surface area contributed by atoms with Crippen LogP contribution in [0, 0.1) is 11.6 Å². The smallest absolute Gasteiger partial charge is 0.341 e. The molecule has 1 saturated heterocycles. The van der Waals surface area contributed by atoms with Gasteiger partial charge in [-0.2, -0.15) is 0 Å². The SMILES string of the molecule is O=C/C=C\NC=NCC1CCCN1c1cc2c(cc1F)c(=O)c(C(=O)O)cn2-c1ccc(O)cc1F. The minimum Gasteiger partial charge on any atom is -0.508 e. The first-order valence-electron chi connectivity index (χ1n) is 11.0. The van der Waals surface area contributed by atoms with E-state index in [2.05, 4.69) is 10.3 Å². The lowest BCUT2D eigenvalue weighted by atomic mass is 10.1. The Labute approximate surface area is 203 Å². The largest absolute Gasteiger partial charge is 0.508 e. The first-order chi connectivity index (χ1) is 17.3. The second kappa shape index (κ2) is 10.4. The Kier molecular flexibility index (Phi) is 7.09. The number of benzene rings is 2. The number of aromatic carboxylic acids is 1. The molecular weight excluding hydrogens is 474 g/mol. The van der Waals surface area contributed by atoms with E-state index in [0.717, 1.165) is 31.2 Å². The number of fused-ring (bicyclic) bond motifs is 1. The van der Waals surface area contributed by atoms with Gasteiger partial charge in [0, 0.05) is 36.4 Å². The van der Waals surface area contributed by atoms with Crippen LogP contribution in [0.15, 0.2) is 58.6 Å². The molecule has 0 aliphatic carbocycles. The quantitative estimate of drug-likeness (QED) is 0.190. The predicted molar refractivity (Wildman–Crippen MR) is 130 cm³/mol. The van der Waals surface area contributed by atoms with Crippen LogP contribution in [0.25, 0.3) is 16.6 Å². The topological polar surface area (TPSA) is 124 Å². The molecule has 1 fully saturated rings.